The topological polar surface area (TPSA) is 74.8 Å². The molecule has 0 radical (unpaired) electrons. The van der Waals surface area contributed by atoms with Crippen LogP contribution in [0.25, 0.3) is 11.3 Å². The molecule has 3 rings (SSSR count). The second-order valence-corrected chi connectivity index (χ2v) is 6.40. The summed E-state index contributed by atoms with van der Waals surface area (Å²) in [5, 5.41) is 3.07. The maximum atomic E-state index is 12.3. The number of rotatable bonds is 4. The Labute approximate surface area is 141 Å². The molecule has 2 aromatic heterocycles. The number of nitrogens with one attached hydrogen (secondary N) is 2. The predicted octanol–water partition coefficient (Wildman–Crippen LogP) is 2.98. The first kappa shape index (κ1) is 16.4. The third-order valence-corrected chi connectivity index (χ3v) is 4.69. The third kappa shape index (κ3) is 3.40. The molecule has 5 heteroatoms. The van der Waals surface area contributed by atoms with Crippen LogP contribution >= 0.6 is 0 Å². The van der Waals surface area contributed by atoms with Crippen LogP contribution in [-0.2, 0) is 6.42 Å². The number of hydrogen-bond acceptors (Lipinski definition) is 3. The van der Waals surface area contributed by atoms with Crippen molar-refractivity contribution in [3.8, 4) is 11.3 Å². The molecule has 0 aliphatic heterocycles. The smallest absolute Gasteiger partial charge is 0.253 e. The lowest BCUT2D eigenvalue weighted by Crippen LogP contribution is -2.32. The van der Waals surface area contributed by atoms with E-state index in [1.165, 1.54) is 12.8 Å². The number of carbonyl (C=O) groups excluding carboxylic acids is 1. The van der Waals surface area contributed by atoms with Crippen molar-refractivity contribution in [1.82, 2.24) is 15.3 Å². The van der Waals surface area contributed by atoms with Crippen molar-refractivity contribution in [3.05, 3.63) is 51.6 Å². The van der Waals surface area contributed by atoms with Crippen LogP contribution in [0, 0.1) is 6.92 Å². The minimum Gasteiger partial charge on any atom is -0.349 e. The Morgan fingerprint density at radius 2 is 2.08 bits per heavy atom. The summed E-state index contributed by atoms with van der Waals surface area (Å²) < 4.78 is 0. The normalized spacial score (nSPS) is 14.8. The lowest BCUT2D eigenvalue weighted by molar-refractivity contribution is 0.0937. The zero-order chi connectivity index (χ0) is 17.1. The lowest BCUT2D eigenvalue weighted by Gasteiger charge is -2.12. The van der Waals surface area contributed by atoms with E-state index >= 15 is 0 Å². The summed E-state index contributed by atoms with van der Waals surface area (Å²) in [4.78, 5) is 31.4. The molecule has 1 fully saturated rings. The summed E-state index contributed by atoms with van der Waals surface area (Å²) in [5.74, 6) is -0.0617. The van der Waals surface area contributed by atoms with E-state index in [1.807, 2.05) is 26.0 Å². The Morgan fingerprint density at radius 1 is 1.33 bits per heavy atom. The van der Waals surface area contributed by atoms with Crippen molar-refractivity contribution in [1.29, 1.82) is 0 Å². The Morgan fingerprint density at radius 3 is 2.71 bits per heavy atom. The molecule has 1 amide bonds. The SMILES string of the molecule is CCc1cc(-c2ccc(C(=O)NC3CCCC3)cn2)c(C)[nH]c1=O. The van der Waals surface area contributed by atoms with Gasteiger partial charge in [0.25, 0.3) is 11.5 Å². The van der Waals surface area contributed by atoms with Crippen LogP contribution < -0.4 is 10.9 Å². The molecule has 2 aromatic rings. The van der Waals surface area contributed by atoms with Crippen LogP contribution in [0.1, 0.15) is 54.2 Å². The standard InChI is InChI=1S/C19H23N3O2/c1-3-13-10-16(12(2)21-18(13)23)17-9-8-14(11-20-17)19(24)22-15-6-4-5-7-15/h8-11,15H,3-7H2,1-2H3,(H,21,23)(H,22,24). The summed E-state index contributed by atoms with van der Waals surface area (Å²) in [6, 6.07) is 5.81. The van der Waals surface area contributed by atoms with Gasteiger partial charge in [0.1, 0.15) is 0 Å². The molecule has 126 valence electrons. The van der Waals surface area contributed by atoms with Gasteiger partial charge in [0.15, 0.2) is 0 Å². The highest BCUT2D eigenvalue weighted by atomic mass is 16.1. The molecule has 0 saturated heterocycles. The Bertz CT molecular complexity index is 787. The van der Waals surface area contributed by atoms with Crippen LogP contribution in [-0.4, -0.2) is 21.9 Å². The molecular weight excluding hydrogens is 302 g/mol. The van der Waals surface area contributed by atoms with E-state index in [1.54, 1.807) is 12.3 Å². The Balaban J connectivity index is 1.81. The van der Waals surface area contributed by atoms with E-state index in [0.717, 1.165) is 35.4 Å². The van der Waals surface area contributed by atoms with Gasteiger partial charge in [0.05, 0.1) is 11.3 Å². The van der Waals surface area contributed by atoms with E-state index in [9.17, 15) is 9.59 Å². The van der Waals surface area contributed by atoms with Crippen LogP contribution in [0.4, 0.5) is 0 Å². The van der Waals surface area contributed by atoms with E-state index in [-0.39, 0.29) is 11.5 Å². The van der Waals surface area contributed by atoms with E-state index in [0.29, 0.717) is 18.0 Å². The molecule has 5 nitrogen and oxygen atoms in total. The molecule has 0 unspecified atom stereocenters. The first-order valence-corrected chi connectivity index (χ1v) is 8.58. The quantitative estimate of drug-likeness (QED) is 0.907. The fraction of sp³-hybridized carbons (Fsp3) is 0.421. The highest BCUT2D eigenvalue weighted by Crippen LogP contribution is 2.21. The van der Waals surface area contributed by atoms with Crippen molar-refractivity contribution < 1.29 is 4.79 Å². The molecule has 0 aromatic carbocycles. The molecule has 0 bridgehead atoms. The summed E-state index contributed by atoms with van der Waals surface area (Å²) in [7, 11) is 0. The van der Waals surface area contributed by atoms with Crippen molar-refractivity contribution in [2.75, 3.05) is 0 Å². The van der Waals surface area contributed by atoms with Gasteiger partial charge in [-0.1, -0.05) is 19.8 Å². The van der Waals surface area contributed by atoms with Crippen molar-refractivity contribution >= 4 is 5.91 Å². The zero-order valence-corrected chi connectivity index (χ0v) is 14.2. The minimum absolute atomic E-state index is 0.0497. The molecule has 24 heavy (non-hydrogen) atoms. The number of aryl methyl sites for hydroxylation is 2. The average molecular weight is 325 g/mol. The highest BCUT2D eigenvalue weighted by Gasteiger charge is 2.18. The van der Waals surface area contributed by atoms with E-state index in [4.69, 9.17) is 0 Å². The second kappa shape index (κ2) is 6.99. The molecule has 1 saturated carbocycles. The minimum atomic E-state index is -0.0617. The highest BCUT2D eigenvalue weighted by molar-refractivity contribution is 5.94. The predicted molar refractivity (Wildman–Crippen MR) is 94.1 cm³/mol. The fourth-order valence-corrected chi connectivity index (χ4v) is 3.22. The van der Waals surface area contributed by atoms with Crippen molar-refractivity contribution in [2.45, 2.75) is 52.0 Å². The number of H-pyrrole nitrogens is 1. The maximum Gasteiger partial charge on any atom is 0.253 e. The lowest BCUT2D eigenvalue weighted by atomic mass is 10.1. The number of nitrogens with zero attached hydrogens (tertiary/aromatic N) is 1. The summed E-state index contributed by atoms with van der Waals surface area (Å²) in [6.45, 7) is 3.81. The van der Waals surface area contributed by atoms with Crippen molar-refractivity contribution in [2.24, 2.45) is 0 Å². The number of pyridine rings is 2. The van der Waals surface area contributed by atoms with Gasteiger partial charge in [-0.15, -0.1) is 0 Å². The molecule has 1 aliphatic rings. The van der Waals surface area contributed by atoms with Gasteiger partial charge in [-0.25, -0.2) is 0 Å². The molecule has 1 aliphatic carbocycles. The maximum absolute atomic E-state index is 12.3. The summed E-state index contributed by atoms with van der Waals surface area (Å²) >= 11 is 0. The fourth-order valence-electron chi connectivity index (χ4n) is 3.22. The van der Waals surface area contributed by atoms with Crippen LogP contribution in [0.2, 0.25) is 0 Å². The average Bonchev–Trinajstić information content (AvgIpc) is 3.08. The third-order valence-electron chi connectivity index (χ3n) is 4.69. The van der Waals surface area contributed by atoms with Crippen LogP contribution in [0.5, 0.6) is 0 Å². The van der Waals surface area contributed by atoms with Crippen LogP contribution in [0.15, 0.2) is 29.2 Å². The number of hydrogen-bond donors (Lipinski definition) is 2. The summed E-state index contributed by atoms with van der Waals surface area (Å²) in [5.41, 5.74) is 3.70. The number of aromatic amines is 1. The summed E-state index contributed by atoms with van der Waals surface area (Å²) in [6.07, 6.45) is 6.78. The number of carbonyl (C=O) groups is 1. The Kier molecular flexibility index (Phi) is 4.79. The van der Waals surface area contributed by atoms with Gasteiger partial charge in [-0.2, -0.15) is 0 Å². The molecule has 2 N–H and O–H groups in total. The van der Waals surface area contributed by atoms with E-state index in [2.05, 4.69) is 15.3 Å². The van der Waals surface area contributed by atoms with Crippen molar-refractivity contribution in [3.63, 3.8) is 0 Å². The molecule has 2 heterocycles. The van der Waals surface area contributed by atoms with Crippen LogP contribution in [0.3, 0.4) is 0 Å². The monoisotopic (exact) mass is 325 g/mol. The first-order chi connectivity index (χ1) is 11.6. The zero-order valence-electron chi connectivity index (χ0n) is 14.2. The number of amides is 1. The van der Waals surface area contributed by atoms with E-state index < -0.39 is 0 Å². The van der Waals surface area contributed by atoms with Gasteiger partial charge in [0.2, 0.25) is 0 Å². The van der Waals surface area contributed by atoms with Gasteiger partial charge in [-0.3, -0.25) is 14.6 Å². The molecule has 0 atom stereocenters. The van der Waals surface area contributed by atoms with Gasteiger partial charge in [-0.05, 0) is 44.4 Å². The molecule has 0 spiro atoms. The first-order valence-electron chi connectivity index (χ1n) is 8.58. The van der Waals surface area contributed by atoms with Gasteiger partial charge in [0, 0.05) is 29.1 Å². The Hall–Kier alpha value is -2.43. The number of aromatic nitrogens is 2. The second-order valence-electron chi connectivity index (χ2n) is 6.40. The largest absolute Gasteiger partial charge is 0.349 e. The van der Waals surface area contributed by atoms with Gasteiger partial charge >= 0.3 is 0 Å². The van der Waals surface area contributed by atoms with Gasteiger partial charge < -0.3 is 10.3 Å². The molecular formula is C19H23N3O2.